The number of carbonyl (C=O) groups is 1. The van der Waals surface area contributed by atoms with Gasteiger partial charge in [-0.1, -0.05) is 0 Å². The van der Waals surface area contributed by atoms with Gasteiger partial charge in [-0.05, 0) is 31.2 Å². The molecule has 8 heteroatoms. The van der Waals surface area contributed by atoms with Gasteiger partial charge in [0.25, 0.3) is 0 Å². The summed E-state index contributed by atoms with van der Waals surface area (Å²) in [6.07, 6.45) is -0.0310. The number of hydrogen-bond donors (Lipinski definition) is 0. The first kappa shape index (κ1) is 15.4. The number of nitrogens with zero attached hydrogens (tertiary/aromatic N) is 3. The van der Waals surface area contributed by atoms with Crippen LogP contribution in [-0.2, 0) is 16.1 Å². The van der Waals surface area contributed by atoms with E-state index in [9.17, 15) is 14.0 Å². The van der Waals surface area contributed by atoms with Crippen LogP contribution in [0.15, 0.2) is 33.5 Å². The highest BCUT2D eigenvalue weighted by atomic mass is 19.1. The third-order valence-corrected chi connectivity index (χ3v) is 3.58. The maximum atomic E-state index is 12.9. The highest BCUT2D eigenvalue weighted by Crippen LogP contribution is 2.15. The van der Waals surface area contributed by atoms with E-state index in [1.807, 2.05) is 6.92 Å². The van der Waals surface area contributed by atoms with Crippen LogP contribution in [0.3, 0.4) is 0 Å². The first-order chi connectivity index (χ1) is 11.0. The quantitative estimate of drug-likeness (QED) is 0.839. The van der Waals surface area contributed by atoms with Crippen LogP contribution in [0, 0.1) is 5.82 Å². The lowest BCUT2D eigenvalue weighted by Gasteiger charge is -2.30. The molecule has 1 aliphatic heterocycles. The van der Waals surface area contributed by atoms with Gasteiger partial charge in [-0.2, -0.15) is 4.68 Å². The summed E-state index contributed by atoms with van der Waals surface area (Å²) in [7, 11) is 0. The maximum absolute atomic E-state index is 12.9. The Morgan fingerprint density at radius 1 is 1.39 bits per heavy atom. The van der Waals surface area contributed by atoms with Gasteiger partial charge < -0.3 is 14.1 Å². The lowest BCUT2D eigenvalue weighted by atomic mass is 10.2. The summed E-state index contributed by atoms with van der Waals surface area (Å²) in [5, 5.41) is 4.00. The molecule has 0 aliphatic carbocycles. The minimum atomic E-state index is -0.723. The Morgan fingerprint density at radius 2 is 2.13 bits per heavy atom. The molecule has 1 atom stereocenters. The van der Waals surface area contributed by atoms with Crippen LogP contribution in [0.1, 0.15) is 6.92 Å². The molecule has 1 unspecified atom stereocenters. The molecule has 0 spiro atoms. The van der Waals surface area contributed by atoms with Crippen LogP contribution >= 0.6 is 0 Å². The molecule has 0 N–H and O–H groups in total. The van der Waals surface area contributed by atoms with Gasteiger partial charge in [-0.3, -0.25) is 4.79 Å². The van der Waals surface area contributed by atoms with E-state index in [-0.39, 0.29) is 24.4 Å². The predicted molar refractivity (Wildman–Crippen MR) is 78.2 cm³/mol. The van der Waals surface area contributed by atoms with Crippen molar-refractivity contribution in [2.45, 2.75) is 19.6 Å². The van der Waals surface area contributed by atoms with Gasteiger partial charge in [0.05, 0.1) is 12.7 Å². The topological polar surface area (TPSA) is 77.6 Å². The van der Waals surface area contributed by atoms with Gasteiger partial charge in [0.15, 0.2) is 0 Å². The van der Waals surface area contributed by atoms with Crippen molar-refractivity contribution in [2.24, 2.45) is 0 Å². The molecule has 0 radical (unpaired) electrons. The summed E-state index contributed by atoms with van der Waals surface area (Å²) in [4.78, 5) is 25.7. The van der Waals surface area contributed by atoms with Crippen LogP contribution in [0.25, 0.3) is 11.5 Å². The summed E-state index contributed by atoms with van der Waals surface area (Å²) in [6, 6.07) is 5.40. The molecule has 1 aromatic carbocycles. The Kier molecular flexibility index (Phi) is 4.24. The molecule has 0 saturated carbocycles. The highest BCUT2D eigenvalue weighted by Gasteiger charge is 2.23. The number of morpholine rings is 1. The van der Waals surface area contributed by atoms with E-state index in [4.69, 9.17) is 9.15 Å². The molecule has 3 rings (SSSR count). The van der Waals surface area contributed by atoms with Crippen molar-refractivity contribution in [1.29, 1.82) is 0 Å². The Hall–Kier alpha value is -2.48. The van der Waals surface area contributed by atoms with E-state index in [1.165, 1.54) is 24.3 Å². The van der Waals surface area contributed by atoms with Crippen LogP contribution in [0.4, 0.5) is 4.39 Å². The van der Waals surface area contributed by atoms with Crippen molar-refractivity contribution in [3.8, 4) is 11.5 Å². The highest BCUT2D eigenvalue weighted by molar-refractivity contribution is 5.76. The van der Waals surface area contributed by atoms with Crippen molar-refractivity contribution in [3.05, 3.63) is 40.6 Å². The van der Waals surface area contributed by atoms with Crippen molar-refractivity contribution in [1.82, 2.24) is 14.7 Å². The SMILES string of the molecule is CC1CN(C(=O)Cn2nc(-c3ccc(F)cc3)oc2=O)CCO1. The molecular weight excluding hydrogens is 305 g/mol. The van der Waals surface area contributed by atoms with Crippen LogP contribution in [0.5, 0.6) is 0 Å². The number of aromatic nitrogens is 2. The number of benzene rings is 1. The minimum Gasteiger partial charge on any atom is -0.388 e. The lowest BCUT2D eigenvalue weighted by molar-refractivity contribution is -0.139. The monoisotopic (exact) mass is 321 g/mol. The number of ether oxygens (including phenoxy) is 1. The number of halogens is 1. The number of hydrogen-bond acceptors (Lipinski definition) is 5. The van der Waals surface area contributed by atoms with Gasteiger partial charge in [-0.15, -0.1) is 5.10 Å². The minimum absolute atomic E-state index is 0.0310. The summed E-state index contributed by atoms with van der Waals surface area (Å²) in [6.45, 7) is 3.13. The average molecular weight is 321 g/mol. The fraction of sp³-hybridized carbons (Fsp3) is 0.400. The second-order valence-electron chi connectivity index (χ2n) is 5.36. The second-order valence-corrected chi connectivity index (χ2v) is 5.36. The molecular formula is C15H16FN3O4. The van der Waals surface area contributed by atoms with E-state index in [2.05, 4.69) is 5.10 Å². The first-order valence-corrected chi connectivity index (χ1v) is 7.26. The molecule has 1 fully saturated rings. The summed E-state index contributed by atoms with van der Waals surface area (Å²) in [5.74, 6) is -1.29. The Balaban J connectivity index is 1.75. The van der Waals surface area contributed by atoms with E-state index in [0.717, 1.165) is 4.68 Å². The molecule has 1 aliphatic rings. The van der Waals surface area contributed by atoms with Crippen molar-refractivity contribution in [2.75, 3.05) is 19.7 Å². The molecule has 1 saturated heterocycles. The van der Waals surface area contributed by atoms with Crippen LogP contribution < -0.4 is 5.76 Å². The molecule has 0 bridgehead atoms. The van der Waals surface area contributed by atoms with Crippen molar-refractivity contribution in [3.63, 3.8) is 0 Å². The van der Waals surface area contributed by atoms with Gasteiger partial charge in [0, 0.05) is 18.7 Å². The largest absolute Gasteiger partial charge is 0.437 e. The van der Waals surface area contributed by atoms with Gasteiger partial charge in [0.1, 0.15) is 12.4 Å². The number of carbonyl (C=O) groups excluding carboxylic acids is 1. The van der Waals surface area contributed by atoms with E-state index >= 15 is 0 Å². The molecule has 122 valence electrons. The zero-order chi connectivity index (χ0) is 16.4. The smallest absolute Gasteiger partial charge is 0.388 e. The molecule has 23 heavy (non-hydrogen) atoms. The van der Waals surface area contributed by atoms with Gasteiger partial charge in [0.2, 0.25) is 11.8 Å². The molecule has 2 heterocycles. The Morgan fingerprint density at radius 3 is 2.83 bits per heavy atom. The van der Waals surface area contributed by atoms with Crippen molar-refractivity contribution < 1.29 is 18.3 Å². The van der Waals surface area contributed by atoms with E-state index < -0.39 is 11.6 Å². The van der Waals surface area contributed by atoms with Crippen LogP contribution in [-0.4, -0.2) is 46.4 Å². The lowest BCUT2D eigenvalue weighted by Crippen LogP contribution is -2.46. The van der Waals surface area contributed by atoms with Crippen LogP contribution in [0.2, 0.25) is 0 Å². The normalized spacial score (nSPS) is 18.2. The predicted octanol–water partition coefficient (Wildman–Crippen LogP) is 0.890. The molecule has 7 nitrogen and oxygen atoms in total. The Bertz CT molecular complexity index is 753. The Labute approximate surface area is 131 Å². The first-order valence-electron chi connectivity index (χ1n) is 7.26. The summed E-state index contributed by atoms with van der Waals surface area (Å²) >= 11 is 0. The van der Waals surface area contributed by atoms with Crippen molar-refractivity contribution >= 4 is 5.91 Å². The maximum Gasteiger partial charge on any atom is 0.437 e. The average Bonchev–Trinajstić information content (AvgIpc) is 2.89. The number of rotatable bonds is 3. The zero-order valence-corrected chi connectivity index (χ0v) is 12.6. The fourth-order valence-corrected chi connectivity index (χ4v) is 2.39. The fourth-order valence-electron chi connectivity index (χ4n) is 2.39. The summed E-state index contributed by atoms with van der Waals surface area (Å²) < 4.78 is 24.3. The molecule has 2 aromatic rings. The van der Waals surface area contributed by atoms with Gasteiger partial charge in [-0.25, -0.2) is 9.18 Å². The van der Waals surface area contributed by atoms with E-state index in [0.29, 0.717) is 25.3 Å². The third-order valence-electron chi connectivity index (χ3n) is 3.58. The molecule has 1 aromatic heterocycles. The third kappa shape index (κ3) is 3.48. The second kappa shape index (κ2) is 6.33. The zero-order valence-electron chi connectivity index (χ0n) is 12.6. The summed E-state index contributed by atoms with van der Waals surface area (Å²) in [5.41, 5.74) is 0.467. The van der Waals surface area contributed by atoms with E-state index in [1.54, 1.807) is 4.90 Å². The standard InChI is InChI=1S/C15H16FN3O4/c1-10-8-18(6-7-22-10)13(20)9-19-15(21)23-14(17-19)11-2-4-12(16)5-3-11/h2-5,10H,6-9H2,1H3. The molecule has 1 amide bonds. The number of amides is 1. The van der Waals surface area contributed by atoms with Gasteiger partial charge >= 0.3 is 5.76 Å².